The van der Waals surface area contributed by atoms with Crippen LogP contribution >= 0.6 is 0 Å². The Morgan fingerprint density at radius 2 is 2.27 bits per heavy atom. The molecule has 5 heteroatoms. The van der Waals surface area contributed by atoms with Gasteiger partial charge in [0.15, 0.2) is 0 Å². The molecule has 0 saturated heterocycles. The molecule has 1 rings (SSSR count). The highest BCUT2D eigenvalue weighted by molar-refractivity contribution is 5.94. The molecule has 0 spiro atoms. The molecule has 1 amide bonds. The number of amides is 1. The van der Waals surface area contributed by atoms with Gasteiger partial charge in [0.1, 0.15) is 0 Å². The molecule has 15 heavy (non-hydrogen) atoms. The topological polar surface area (TPSA) is 81.2 Å². The van der Waals surface area contributed by atoms with E-state index in [-0.39, 0.29) is 5.91 Å². The first kappa shape index (κ1) is 11.7. The standard InChI is InChI=1S/C10H17N3O2/c1-4-5-8(11)9(14)12-10-6(2)7(3)13-15-10/h8H,4-5,11H2,1-3H3,(H,12,14)/t8-/m1/s1. The first-order valence-corrected chi connectivity index (χ1v) is 5.05. The first-order chi connectivity index (χ1) is 7.06. The fourth-order valence-electron chi connectivity index (χ4n) is 1.18. The van der Waals surface area contributed by atoms with E-state index in [0.29, 0.717) is 12.3 Å². The Kier molecular flexibility index (Phi) is 3.85. The summed E-state index contributed by atoms with van der Waals surface area (Å²) >= 11 is 0. The van der Waals surface area contributed by atoms with Gasteiger partial charge in [-0.3, -0.25) is 10.1 Å². The summed E-state index contributed by atoms with van der Waals surface area (Å²) in [5, 5.41) is 6.37. The second kappa shape index (κ2) is 4.93. The van der Waals surface area contributed by atoms with Gasteiger partial charge < -0.3 is 10.3 Å². The molecule has 1 aromatic heterocycles. The number of aromatic nitrogens is 1. The van der Waals surface area contributed by atoms with E-state index in [1.807, 2.05) is 20.8 Å². The smallest absolute Gasteiger partial charge is 0.243 e. The Balaban J connectivity index is 2.62. The first-order valence-electron chi connectivity index (χ1n) is 5.05. The molecular formula is C10H17N3O2. The zero-order valence-corrected chi connectivity index (χ0v) is 9.33. The van der Waals surface area contributed by atoms with Crippen LogP contribution in [-0.4, -0.2) is 17.1 Å². The number of carbonyl (C=O) groups is 1. The van der Waals surface area contributed by atoms with E-state index in [1.165, 1.54) is 0 Å². The van der Waals surface area contributed by atoms with Crippen LogP contribution in [-0.2, 0) is 4.79 Å². The highest BCUT2D eigenvalue weighted by Crippen LogP contribution is 2.17. The second-order valence-corrected chi connectivity index (χ2v) is 3.61. The molecule has 1 aromatic rings. The van der Waals surface area contributed by atoms with Gasteiger partial charge in [-0.2, -0.15) is 0 Å². The highest BCUT2D eigenvalue weighted by Gasteiger charge is 2.16. The summed E-state index contributed by atoms with van der Waals surface area (Å²) in [6.45, 7) is 5.64. The van der Waals surface area contributed by atoms with Crippen LogP contribution in [0.2, 0.25) is 0 Å². The van der Waals surface area contributed by atoms with Crippen LogP contribution < -0.4 is 11.1 Å². The van der Waals surface area contributed by atoms with Gasteiger partial charge in [0.05, 0.1) is 11.7 Å². The minimum absolute atomic E-state index is 0.226. The molecule has 3 N–H and O–H groups in total. The van der Waals surface area contributed by atoms with Crippen LogP contribution in [0.3, 0.4) is 0 Å². The van der Waals surface area contributed by atoms with Crippen molar-refractivity contribution in [3.05, 3.63) is 11.3 Å². The van der Waals surface area contributed by atoms with Crippen molar-refractivity contribution >= 4 is 11.8 Å². The lowest BCUT2D eigenvalue weighted by molar-refractivity contribution is -0.117. The fraction of sp³-hybridized carbons (Fsp3) is 0.600. The summed E-state index contributed by atoms with van der Waals surface area (Å²) in [7, 11) is 0. The van der Waals surface area contributed by atoms with Gasteiger partial charge >= 0.3 is 0 Å². The number of anilines is 1. The van der Waals surface area contributed by atoms with Gasteiger partial charge in [-0.05, 0) is 20.3 Å². The zero-order valence-electron chi connectivity index (χ0n) is 9.33. The van der Waals surface area contributed by atoms with Gasteiger partial charge in [-0.1, -0.05) is 18.5 Å². The molecule has 1 atom stereocenters. The molecular weight excluding hydrogens is 194 g/mol. The van der Waals surface area contributed by atoms with Gasteiger partial charge in [-0.15, -0.1) is 0 Å². The molecule has 5 nitrogen and oxygen atoms in total. The van der Waals surface area contributed by atoms with Crippen LogP contribution in [0.25, 0.3) is 0 Å². The largest absolute Gasteiger partial charge is 0.338 e. The predicted molar refractivity (Wildman–Crippen MR) is 57.5 cm³/mol. The molecule has 0 aromatic carbocycles. The average Bonchev–Trinajstić information content (AvgIpc) is 2.50. The number of aryl methyl sites for hydroxylation is 1. The summed E-state index contributed by atoms with van der Waals surface area (Å²) < 4.78 is 4.96. The highest BCUT2D eigenvalue weighted by atomic mass is 16.5. The summed E-state index contributed by atoms with van der Waals surface area (Å²) in [5.74, 6) is 0.167. The maximum atomic E-state index is 11.5. The lowest BCUT2D eigenvalue weighted by Crippen LogP contribution is -2.35. The Hall–Kier alpha value is -1.36. The van der Waals surface area contributed by atoms with Crippen molar-refractivity contribution < 1.29 is 9.32 Å². The SMILES string of the molecule is CCC[C@@H](N)C(=O)Nc1onc(C)c1C. The summed E-state index contributed by atoms with van der Waals surface area (Å²) in [4.78, 5) is 11.5. The molecule has 0 aliphatic carbocycles. The third-order valence-electron chi connectivity index (χ3n) is 2.33. The van der Waals surface area contributed by atoms with Crippen LogP contribution in [0.1, 0.15) is 31.0 Å². The van der Waals surface area contributed by atoms with Crippen LogP contribution in [0.15, 0.2) is 4.52 Å². The van der Waals surface area contributed by atoms with Crippen molar-refractivity contribution in [3.63, 3.8) is 0 Å². The number of nitrogens with two attached hydrogens (primary N) is 1. The van der Waals surface area contributed by atoms with Crippen LogP contribution in [0.5, 0.6) is 0 Å². The predicted octanol–water partition coefficient (Wildman–Crippen LogP) is 1.36. The monoisotopic (exact) mass is 211 g/mol. The molecule has 84 valence electrons. The van der Waals surface area contributed by atoms with E-state index < -0.39 is 6.04 Å². The Labute approximate surface area is 89.0 Å². The lowest BCUT2D eigenvalue weighted by Gasteiger charge is -2.08. The normalized spacial score (nSPS) is 12.5. The maximum absolute atomic E-state index is 11.5. The van der Waals surface area contributed by atoms with Gasteiger partial charge in [-0.25, -0.2) is 0 Å². The molecule has 0 aliphatic rings. The van der Waals surface area contributed by atoms with E-state index in [1.54, 1.807) is 0 Å². The van der Waals surface area contributed by atoms with Crippen molar-refractivity contribution in [3.8, 4) is 0 Å². The van der Waals surface area contributed by atoms with Crippen molar-refractivity contribution in [1.82, 2.24) is 5.16 Å². The van der Waals surface area contributed by atoms with E-state index in [2.05, 4.69) is 10.5 Å². The second-order valence-electron chi connectivity index (χ2n) is 3.61. The lowest BCUT2D eigenvalue weighted by atomic mass is 10.1. The number of hydrogen-bond donors (Lipinski definition) is 2. The van der Waals surface area contributed by atoms with E-state index in [9.17, 15) is 4.79 Å². The molecule has 0 radical (unpaired) electrons. The number of nitrogens with zero attached hydrogens (tertiary/aromatic N) is 1. The third kappa shape index (κ3) is 2.79. The van der Waals surface area contributed by atoms with E-state index in [0.717, 1.165) is 17.7 Å². The molecule has 0 aliphatic heterocycles. The number of nitrogens with one attached hydrogen (secondary N) is 1. The third-order valence-corrected chi connectivity index (χ3v) is 2.33. The Morgan fingerprint density at radius 3 is 2.73 bits per heavy atom. The van der Waals surface area contributed by atoms with Crippen molar-refractivity contribution in [2.45, 2.75) is 39.7 Å². The van der Waals surface area contributed by atoms with E-state index in [4.69, 9.17) is 10.3 Å². The minimum atomic E-state index is -0.486. The zero-order chi connectivity index (χ0) is 11.4. The van der Waals surface area contributed by atoms with Gasteiger partial charge in [0.25, 0.3) is 0 Å². The summed E-state index contributed by atoms with van der Waals surface area (Å²) in [5.41, 5.74) is 7.27. The summed E-state index contributed by atoms with van der Waals surface area (Å²) in [6, 6.07) is -0.486. The summed E-state index contributed by atoms with van der Waals surface area (Å²) in [6.07, 6.45) is 1.54. The van der Waals surface area contributed by atoms with E-state index >= 15 is 0 Å². The molecule has 0 bridgehead atoms. The van der Waals surface area contributed by atoms with Gasteiger partial charge in [0, 0.05) is 5.56 Å². The Morgan fingerprint density at radius 1 is 1.60 bits per heavy atom. The average molecular weight is 211 g/mol. The molecule has 0 saturated carbocycles. The molecule has 1 heterocycles. The maximum Gasteiger partial charge on any atom is 0.243 e. The molecule has 0 fully saturated rings. The van der Waals surface area contributed by atoms with Crippen LogP contribution in [0, 0.1) is 13.8 Å². The molecule has 0 unspecified atom stereocenters. The number of hydrogen-bond acceptors (Lipinski definition) is 4. The number of rotatable bonds is 4. The minimum Gasteiger partial charge on any atom is -0.338 e. The van der Waals surface area contributed by atoms with Crippen molar-refractivity contribution in [1.29, 1.82) is 0 Å². The quantitative estimate of drug-likeness (QED) is 0.787. The fourth-order valence-corrected chi connectivity index (χ4v) is 1.18. The number of carbonyl (C=O) groups excluding carboxylic acids is 1. The van der Waals surface area contributed by atoms with Crippen LogP contribution in [0.4, 0.5) is 5.88 Å². The Bertz CT molecular complexity index is 346. The van der Waals surface area contributed by atoms with Crippen molar-refractivity contribution in [2.24, 2.45) is 5.73 Å². The van der Waals surface area contributed by atoms with Gasteiger partial charge in [0.2, 0.25) is 11.8 Å². The van der Waals surface area contributed by atoms with Crippen molar-refractivity contribution in [2.75, 3.05) is 5.32 Å².